The zero-order valence-electron chi connectivity index (χ0n) is 14.8. The van der Waals surface area contributed by atoms with E-state index < -0.39 is 21.8 Å². The van der Waals surface area contributed by atoms with Gasteiger partial charge in [0.25, 0.3) is 11.8 Å². The van der Waals surface area contributed by atoms with Gasteiger partial charge >= 0.3 is 0 Å². The molecule has 0 spiro atoms. The van der Waals surface area contributed by atoms with E-state index in [4.69, 9.17) is 4.74 Å². The quantitative estimate of drug-likeness (QED) is 0.691. The van der Waals surface area contributed by atoms with Gasteiger partial charge in [-0.2, -0.15) is 0 Å². The molecule has 0 aromatic heterocycles. The Kier molecular flexibility index (Phi) is 5.57. The average Bonchev–Trinajstić information content (AvgIpc) is 2.91. The SMILES string of the molecule is COc1cccc(CCNS(=O)(=O)CCN2C(=O)c3ccccc3C2=O)c1. The minimum Gasteiger partial charge on any atom is -0.497 e. The van der Waals surface area contributed by atoms with Crippen molar-refractivity contribution in [2.75, 3.05) is 26.0 Å². The van der Waals surface area contributed by atoms with Gasteiger partial charge in [-0.05, 0) is 36.2 Å². The smallest absolute Gasteiger partial charge is 0.261 e. The number of benzene rings is 2. The van der Waals surface area contributed by atoms with Crippen molar-refractivity contribution in [3.05, 3.63) is 65.2 Å². The second kappa shape index (κ2) is 7.89. The Hall–Kier alpha value is -2.71. The summed E-state index contributed by atoms with van der Waals surface area (Å²) >= 11 is 0. The number of nitrogens with one attached hydrogen (secondary N) is 1. The van der Waals surface area contributed by atoms with Crippen LogP contribution in [0.25, 0.3) is 0 Å². The Labute approximate surface area is 158 Å². The first-order valence-corrected chi connectivity index (χ1v) is 10.1. The molecule has 1 aliphatic heterocycles. The van der Waals surface area contributed by atoms with Crippen molar-refractivity contribution in [3.63, 3.8) is 0 Å². The van der Waals surface area contributed by atoms with E-state index in [-0.39, 0.29) is 18.8 Å². The number of imide groups is 1. The maximum Gasteiger partial charge on any atom is 0.261 e. The summed E-state index contributed by atoms with van der Waals surface area (Å²) in [6.07, 6.45) is 0.503. The Bertz CT molecular complexity index is 937. The summed E-state index contributed by atoms with van der Waals surface area (Å²) in [6.45, 7) is 0.0401. The van der Waals surface area contributed by atoms with E-state index in [2.05, 4.69) is 4.72 Å². The molecule has 0 fully saturated rings. The van der Waals surface area contributed by atoms with E-state index in [9.17, 15) is 18.0 Å². The third-order valence-corrected chi connectivity index (χ3v) is 5.70. The normalized spacial score (nSPS) is 13.7. The first-order chi connectivity index (χ1) is 12.9. The van der Waals surface area contributed by atoms with E-state index in [0.717, 1.165) is 10.5 Å². The van der Waals surface area contributed by atoms with E-state index >= 15 is 0 Å². The molecular formula is C19H20N2O5S. The van der Waals surface area contributed by atoms with Crippen molar-refractivity contribution in [3.8, 4) is 5.75 Å². The number of ether oxygens (including phenoxy) is 1. The number of fused-ring (bicyclic) bond motifs is 1. The zero-order valence-corrected chi connectivity index (χ0v) is 15.7. The largest absolute Gasteiger partial charge is 0.497 e. The number of carbonyl (C=O) groups is 2. The number of rotatable bonds is 8. The van der Waals surface area contributed by atoms with Crippen molar-refractivity contribution in [2.45, 2.75) is 6.42 Å². The lowest BCUT2D eigenvalue weighted by Crippen LogP contribution is -2.38. The molecule has 0 radical (unpaired) electrons. The van der Waals surface area contributed by atoms with Gasteiger partial charge < -0.3 is 4.74 Å². The van der Waals surface area contributed by atoms with Crippen molar-refractivity contribution in [1.82, 2.24) is 9.62 Å². The minimum absolute atomic E-state index is 0.180. The lowest BCUT2D eigenvalue weighted by atomic mass is 10.1. The van der Waals surface area contributed by atoms with Gasteiger partial charge in [0, 0.05) is 13.1 Å². The fourth-order valence-corrected chi connectivity index (χ4v) is 3.89. The highest BCUT2D eigenvalue weighted by Gasteiger charge is 2.35. The van der Waals surface area contributed by atoms with Gasteiger partial charge in [0.2, 0.25) is 10.0 Å². The summed E-state index contributed by atoms with van der Waals surface area (Å²) in [5, 5.41) is 0. The van der Waals surface area contributed by atoms with Crippen molar-refractivity contribution in [2.24, 2.45) is 0 Å². The van der Waals surface area contributed by atoms with Gasteiger partial charge in [-0.3, -0.25) is 14.5 Å². The second-order valence-corrected chi connectivity index (χ2v) is 8.05. The van der Waals surface area contributed by atoms with Gasteiger partial charge in [-0.25, -0.2) is 13.1 Å². The molecule has 1 aliphatic rings. The Morgan fingerprint density at radius 1 is 1.00 bits per heavy atom. The fourth-order valence-electron chi connectivity index (χ4n) is 2.90. The van der Waals surface area contributed by atoms with E-state index in [1.165, 1.54) is 0 Å². The molecule has 0 saturated heterocycles. The summed E-state index contributed by atoms with van der Waals surface area (Å²) < 4.78 is 32.0. The molecule has 0 unspecified atom stereocenters. The van der Waals surface area contributed by atoms with Crippen molar-refractivity contribution >= 4 is 21.8 Å². The van der Waals surface area contributed by atoms with Crippen LogP contribution in [0.5, 0.6) is 5.75 Å². The maximum absolute atomic E-state index is 12.3. The molecule has 2 aromatic carbocycles. The average molecular weight is 388 g/mol. The number of amides is 2. The van der Waals surface area contributed by atoms with Crippen LogP contribution < -0.4 is 9.46 Å². The summed E-state index contributed by atoms with van der Waals surface area (Å²) in [5.74, 6) is -0.540. The third-order valence-electron chi connectivity index (χ3n) is 4.33. The second-order valence-electron chi connectivity index (χ2n) is 6.12. The number of hydrogen-bond acceptors (Lipinski definition) is 5. The summed E-state index contributed by atoms with van der Waals surface area (Å²) in [5.41, 5.74) is 1.56. The number of hydrogen-bond donors (Lipinski definition) is 1. The molecule has 1 heterocycles. The Morgan fingerprint density at radius 3 is 2.30 bits per heavy atom. The highest BCUT2D eigenvalue weighted by Crippen LogP contribution is 2.22. The van der Waals surface area contributed by atoms with Gasteiger partial charge in [0.1, 0.15) is 5.75 Å². The highest BCUT2D eigenvalue weighted by atomic mass is 32.2. The van der Waals surface area contributed by atoms with Gasteiger partial charge in [0.15, 0.2) is 0 Å². The predicted molar refractivity (Wildman–Crippen MR) is 100 cm³/mol. The molecule has 2 aromatic rings. The van der Waals surface area contributed by atoms with E-state index in [0.29, 0.717) is 23.3 Å². The predicted octanol–water partition coefficient (Wildman–Crippen LogP) is 1.45. The van der Waals surface area contributed by atoms with Crippen LogP contribution in [0.15, 0.2) is 48.5 Å². The van der Waals surface area contributed by atoms with Crippen molar-refractivity contribution in [1.29, 1.82) is 0 Å². The third kappa shape index (κ3) is 4.35. The first-order valence-electron chi connectivity index (χ1n) is 8.47. The standard InChI is InChI=1S/C19H20N2O5S/c1-26-15-6-4-5-14(13-15)9-10-20-27(24,25)12-11-21-18(22)16-7-2-3-8-17(16)19(21)23/h2-8,13,20H,9-12H2,1H3. The molecule has 142 valence electrons. The summed E-state index contributed by atoms with van der Waals surface area (Å²) in [7, 11) is -2.05. The maximum atomic E-state index is 12.3. The molecule has 0 aliphatic carbocycles. The molecule has 0 atom stereocenters. The number of sulfonamides is 1. The zero-order chi connectivity index (χ0) is 19.4. The molecule has 3 rings (SSSR count). The molecule has 8 heteroatoms. The van der Waals surface area contributed by atoms with Crippen LogP contribution >= 0.6 is 0 Å². The van der Waals surface area contributed by atoms with Crippen LogP contribution in [0.2, 0.25) is 0 Å². The number of nitrogens with zero attached hydrogens (tertiary/aromatic N) is 1. The first kappa shape index (κ1) is 19.1. The van der Waals surface area contributed by atoms with Crippen LogP contribution in [-0.2, 0) is 16.4 Å². The lowest BCUT2D eigenvalue weighted by Gasteiger charge is -2.14. The number of carbonyl (C=O) groups excluding carboxylic acids is 2. The van der Waals surface area contributed by atoms with Crippen LogP contribution in [0.1, 0.15) is 26.3 Å². The summed E-state index contributed by atoms with van der Waals surface area (Å²) in [4.78, 5) is 25.5. The van der Waals surface area contributed by atoms with Crippen LogP contribution in [0.3, 0.4) is 0 Å². The Morgan fingerprint density at radius 2 is 1.67 bits per heavy atom. The topological polar surface area (TPSA) is 92.8 Å². The van der Waals surface area contributed by atoms with E-state index in [1.54, 1.807) is 31.4 Å². The van der Waals surface area contributed by atoms with Crippen molar-refractivity contribution < 1.29 is 22.7 Å². The highest BCUT2D eigenvalue weighted by molar-refractivity contribution is 7.89. The van der Waals surface area contributed by atoms with E-state index in [1.807, 2.05) is 24.3 Å². The monoisotopic (exact) mass is 388 g/mol. The molecule has 7 nitrogen and oxygen atoms in total. The molecular weight excluding hydrogens is 368 g/mol. The lowest BCUT2D eigenvalue weighted by molar-refractivity contribution is 0.0664. The van der Waals surface area contributed by atoms with Crippen LogP contribution in [0.4, 0.5) is 0 Å². The summed E-state index contributed by atoms with van der Waals surface area (Å²) in [6, 6.07) is 13.9. The molecule has 0 bridgehead atoms. The van der Waals surface area contributed by atoms with Gasteiger partial charge in [-0.1, -0.05) is 24.3 Å². The molecule has 2 amide bonds. The van der Waals surface area contributed by atoms with Crippen LogP contribution in [-0.4, -0.2) is 51.1 Å². The minimum atomic E-state index is -3.62. The fraction of sp³-hybridized carbons (Fsp3) is 0.263. The molecule has 27 heavy (non-hydrogen) atoms. The number of methoxy groups -OCH3 is 1. The Balaban J connectivity index is 1.53. The molecule has 0 saturated carbocycles. The van der Waals surface area contributed by atoms with Crippen LogP contribution in [0, 0.1) is 0 Å². The van der Waals surface area contributed by atoms with Gasteiger partial charge in [-0.15, -0.1) is 0 Å². The van der Waals surface area contributed by atoms with Gasteiger partial charge in [0.05, 0.1) is 24.0 Å². The molecule has 1 N–H and O–H groups in total.